The third-order valence-electron chi connectivity index (χ3n) is 2.75. The van der Waals surface area contributed by atoms with Crippen LogP contribution in [0.3, 0.4) is 0 Å². The van der Waals surface area contributed by atoms with E-state index in [1.165, 1.54) is 43.7 Å². The molecule has 2 aromatic rings. The predicted molar refractivity (Wildman–Crippen MR) is 70.9 cm³/mol. The van der Waals surface area contributed by atoms with Crippen LogP contribution >= 0.6 is 0 Å². The third-order valence-corrected chi connectivity index (χ3v) is 4.58. The monoisotopic (exact) mass is 291 g/mol. The van der Waals surface area contributed by atoms with Crippen LogP contribution < -0.4 is 4.31 Å². The molecule has 0 saturated carbocycles. The molecule has 0 N–H and O–H groups in total. The number of benzene rings is 1. The Bertz CT molecular complexity index is 770. The van der Waals surface area contributed by atoms with E-state index in [0.29, 0.717) is 5.69 Å². The SMILES string of the molecule is CN(c1ccncc1)S(=O)(=O)c1cccc(F)c1C#N. The van der Waals surface area contributed by atoms with Gasteiger partial charge in [-0.2, -0.15) is 5.26 Å². The number of aromatic nitrogens is 1. The molecule has 1 aromatic carbocycles. The van der Waals surface area contributed by atoms with Gasteiger partial charge in [0.1, 0.15) is 22.3 Å². The van der Waals surface area contributed by atoms with Gasteiger partial charge in [0.2, 0.25) is 0 Å². The fourth-order valence-corrected chi connectivity index (χ4v) is 3.01. The smallest absolute Gasteiger partial charge is 0.265 e. The first-order chi connectivity index (χ1) is 9.48. The molecule has 0 fully saturated rings. The topological polar surface area (TPSA) is 74.1 Å². The van der Waals surface area contributed by atoms with E-state index in [9.17, 15) is 12.8 Å². The largest absolute Gasteiger partial charge is 0.269 e. The lowest BCUT2D eigenvalue weighted by Crippen LogP contribution is -2.27. The van der Waals surface area contributed by atoms with Gasteiger partial charge in [0, 0.05) is 19.4 Å². The number of nitriles is 1. The summed E-state index contributed by atoms with van der Waals surface area (Å²) in [5.41, 5.74) is -0.124. The van der Waals surface area contributed by atoms with Crippen molar-refractivity contribution >= 4 is 15.7 Å². The van der Waals surface area contributed by atoms with Gasteiger partial charge in [-0.05, 0) is 24.3 Å². The maximum atomic E-state index is 13.5. The lowest BCUT2D eigenvalue weighted by Gasteiger charge is -2.19. The zero-order valence-electron chi connectivity index (χ0n) is 10.5. The van der Waals surface area contributed by atoms with Crippen molar-refractivity contribution in [2.24, 2.45) is 0 Å². The van der Waals surface area contributed by atoms with E-state index in [4.69, 9.17) is 5.26 Å². The van der Waals surface area contributed by atoms with Crippen molar-refractivity contribution in [2.75, 3.05) is 11.4 Å². The number of hydrogen-bond acceptors (Lipinski definition) is 4. The van der Waals surface area contributed by atoms with Gasteiger partial charge in [0.15, 0.2) is 0 Å². The summed E-state index contributed by atoms with van der Waals surface area (Å²) < 4.78 is 39.4. The minimum atomic E-state index is -4.01. The van der Waals surface area contributed by atoms with Gasteiger partial charge in [-0.25, -0.2) is 12.8 Å². The summed E-state index contributed by atoms with van der Waals surface area (Å²) in [5, 5.41) is 8.93. The summed E-state index contributed by atoms with van der Waals surface area (Å²) in [6, 6.07) is 8.09. The van der Waals surface area contributed by atoms with Crippen molar-refractivity contribution in [3.05, 3.63) is 54.1 Å². The van der Waals surface area contributed by atoms with Crippen molar-refractivity contribution in [2.45, 2.75) is 4.90 Å². The van der Waals surface area contributed by atoms with Gasteiger partial charge in [0.25, 0.3) is 10.0 Å². The molecule has 0 aliphatic heterocycles. The Balaban J connectivity index is 2.58. The maximum absolute atomic E-state index is 13.5. The van der Waals surface area contributed by atoms with Gasteiger partial charge < -0.3 is 0 Å². The Morgan fingerprint density at radius 1 is 1.25 bits per heavy atom. The molecule has 7 heteroatoms. The lowest BCUT2D eigenvalue weighted by atomic mass is 10.2. The summed E-state index contributed by atoms with van der Waals surface area (Å²) in [6.07, 6.45) is 2.89. The second-order valence-corrected chi connectivity index (χ2v) is 5.84. The third kappa shape index (κ3) is 2.33. The van der Waals surface area contributed by atoms with Gasteiger partial charge in [0.05, 0.1) is 5.69 Å². The Kier molecular flexibility index (Phi) is 3.68. The maximum Gasteiger partial charge on any atom is 0.265 e. The molecule has 0 unspecified atom stereocenters. The van der Waals surface area contributed by atoms with Crippen LogP contribution in [0.2, 0.25) is 0 Å². The quantitative estimate of drug-likeness (QED) is 0.866. The highest BCUT2D eigenvalue weighted by Crippen LogP contribution is 2.24. The molecule has 5 nitrogen and oxygen atoms in total. The predicted octanol–water partition coefficient (Wildman–Crippen LogP) is 1.92. The van der Waals surface area contributed by atoms with Crippen LogP contribution in [-0.4, -0.2) is 20.4 Å². The molecule has 0 aliphatic carbocycles. The normalized spacial score (nSPS) is 10.8. The van der Waals surface area contributed by atoms with Crippen LogP contribution in [-0.2, 0) is 10.0 Å². The average molecular weight is 291 g/mol. The highest BCUT2D eigenvalue weighted by molar-refractivity contribution is 7.92. The van der Waals surface area contributed by atoms with E-state index in [1.807, 2.05) is 0 Å². The number of hydrogen-bond donors (Lipinski definition) is 0. The van der Waals surface area contributed by atoms with Gasteiger partial charge in [-0.15, -0.1) is 0 Å². The summed E-state index contributed by atoms with van der Waals surface area (Å²) >= 11 is 0. The Morgan fingerprint density at radius 2 is 1.90 bits per heavy atom. The molecule has 0 aliphatic rings. The van der Waals surface area contributed by atoms with Crippen LogP contribution in [0.4, 0.5) is 10.1 Å². The van der Waals surface area contributed by atoms with Crippen molar-refractivity contribution in [3.8, 4) is 6.07 Å². The summed E-state index contributed by atoms with van der Waals surface area (Å²) in [6.45, 7) is 0. The lowest BCUT2D eigenvalue weighted by molar-refractivity contribution is 0.588. The fraction of sp³-hybridized carbons (Fsp3) is 0.0769. The average Bonchev–Trinajstić information content (AvgIpc) is 2.47. The molecule has 0 atom stereocenters. The molecule has 1 heterocycles. The number of pyridine rings is 1. The molecule has 0 spiro atoms. The number of nitrogens with zero attached hydrogens (tertiary/aromatic N) is 3. The molecular formula is C13H10FN3O2S. The first-order valence-corrected chi connectivity index (χ1v) is 7.00. The fourth-order valence-electron chi connectivity index (χ4n) is 1.67. The summed E-state index contributed by atoms with van der Waals surface area (Å²) in [4.78, 5) is 3.43. The Morgan fingerprint density at radius 3 is 2.50 bits per heavy atom. The molecule has 0 radical (unpaired) electrons. The number of sulfonamides is 1. The van der Waals surface area contributed by atoms with Gasteiger partial charge >= 0.3 is 0 Å². The first-order valence-electron chi connectivity index (χ1n) is 5.56. The van der Waals surface area contributed by atoms with E-state index in [0.717, 1.165) is 10.4 Å². The van der Waals surface area contributed by atoms with Crippen molar-refractivity contribution in [1.29, 1.82) is 5.26 Å². The zero-order chi connectivity index (χ0) is 14.8. The molecule has 20 heavy (non-hydrogen) atoms. The van der Waals surface area contributed by atoms with E-state index >= 15 is 0 Å². The Labute approximate surface area is 116 Å². The second-order valence-electron chi connectivity index (χ2n) is 3.90. The number of halogens is 1. The van der Waals surface area contributed by atoms with E-state index < -0.39 is 21.4 Å². The first kappa shape index (κ1) is 14.0. The molecule has 0 saturated heterocycles. The van der Waals surface area contributed by atoms with Crippen molar-refractivity contribution in [1.82, 2.24) is 4.98 Å². The van der Waals surface area contributed by atoms with Crippen LogP contribution in [0, 0.1) is 17.1 Å². The minimum absolute atomic E-state index is 0.362. The molecule has 102 valence electrons. The standard InChI is InChI=1S/C13H10FN3O2S/c1-17(10-5-7-16-8-6-10)20(18,19)13-4-2-3-12(14)11(13)9-15/h2-8H,1H3. The van der Waals surface area contributed by atoms with Gasteiger partial charge in [-0.1, -0.05) is 6.07 Å². The highest BCUT2D eigenvalue weighted by Gasteiger charge is 2.26. The minimum Gasteiger partial charge on any atom is -0.269 e. The zero-order valence-corrected chi connectivity index (χ0v) is 11.3. The van der Waals surface area contributed by atoms with Crippen LogP contribution in [0.5, 0.6) is 0 Å². The Hall–Kier alpha value is -2.46. The van der Waals surface area contributed by atoms with Crippen LogP contribution in [0.1, 0.15) is 5.56 Å². The van der Waals surface area contributed by atoms with Gasteiger partial charge in [-0.3, -0.25) is 9.29 Å². The second kappa shape index (κ2) is 5.27. The molecular weight excluding hydrogens is 281 g/mol. The molecule has 0 bridgehead atoms. The highest BCUT2D eigenvalue weighted by atomic mass is 32.2. The van der Waals surface area contributed by atoms with E-state index in [-0.39, 0.29) is 4.90 Å². The number of anilines is 1. The van der Waals surface area contributed by atoms with Crippen LogP contribution in [0.25, 0.3) is 0 Å². The molecule has 1 aromatic heterocycles. The summed E-state index contributed by atoms with van der Waals surface area (Å²) in [7, 11) is -2.68. The van der Waals surface area contributed by atoms with E-state index in [2.05, 4.69) is 4.98 Å². The molecule has 0 amide bonds. The summed E-state index contributed by atoms with van der Waals surface area (Å²) in [5.74, 6) is -0.864. The van der Waals surface area contributed by atoms with Crippen molar-refractivity contribution in [3.63, 3.8) is 0 Å². The van der Waals surface area contributed by atoms with E-state index in [1.54, 1.807) is 6.07 Å². The molecule has 2 rings (SSSR count). The number of rotatable bonds is 3. The van der Waals surface area contributed by atoms with Crippen LogP contribution in [0.15, 0.2) is 47.6 Å². The van der Waals surface area contributed by atoms with Crippen molar-refractivity contribution < 1.29 is 12.8 Å².